The summed E-state index contributed by atoms with van der Waals surface area (Å²) in [4.78, 5) is 21.2. The molecule has 1 N–H and O–H groups in total. The molecule has 0 atom stereocenters. The monoisotopic (exact) mass is 793 g/mol. The number of carbonyl (C=O) groups excluding carboxylic acids is 1. The summed E-state index contributed by atoms with van der Waals surface area (Å²) < 4.78 is 2.37. The standard InChI is InChI=1S/C27H22N3.C13H24O2.Ir/c1-27(2,3)15-21-25-24-14-19-10-6-7-11-22(19)30(24)23-13-18-9-5-4-8-17(18)12-20(23)26(25)29-16-28-21;1-5-10(6-2)12(14)9-13(15)11(7-3)8-4;/h4-11,13-14,16H,15H2,1-3H3;9-11,14H,5-8H2,1-4H3;/q-1;;/b;12-9-;. The molecule has 0 unspecified atom stereocenters. The molecule has 0 aliphatic heterocycles. The number of benzene rings is 3. The number of aliphatic hydroxyl groups excluding tert-OH is 1. The topological polar surface area (TPSA) is 67.5 Å². The van der Waals surface area contributed by atoms with Gasteiger partial charge in [-0.05, 0) is 60.6 Å². The zero-order valence-corrected chi connectivity index (χ0v) is 30.5. The van der Waals surface area contributed by atoms with Gasteiger partial charge < -0.3 is 9.51 Å². The zero-order valence-electron chi connectivity index (χ0n) is 28.1. The third kappa shape index (κ3) is 7.19. The van der Waals surface area contributed by atoms with Crippen LogP contribution in [0.15, 0.2) is 78.8 Å². The summed E-state index contributed by atoms with van der Waals surface area (Å²) in [6.45, 7) is 14.8. The minimum Gasteiger partial charge on any atom is -0.512 e. The summed E-state index contributed by atoms with van der Waals surface area (Å²) in [7, 11) is 0. The summed E-state index contributed by atoms with van der Waals surface area (Å²) in [5.41, 5.74) is 5.73. The predicted octanol–water partition coefficient (Wildman–Crippen LogP) is 10.6. The molecule has 3 aromatic heterocycles. The number of nitrogens with zero attached hydrogens (tertiary/aromatic N) is 3. The van der Waals surface area contributed by atoms with Gasteiger partial charge in [-0.2, -0.15) is 0 Å². The second-order valence-electron chi connectivity index (χ2n) is 13.3. The number of allylic oxidation sites excluding steroid dienone is 2. The molecule has 6 heteroatoms. The van der Waals surface area contributed by atoms with Crippen molar-refractivity contribution in [2.45, 2.75) is 80.6 Å². The molecule has 5 nitrogen and oxygen atoms in total. The molecule has 0 saturated carbocycles. The number of fused-ring (bicyclic) bond motifs is 9. The van der Waals surface area contributed by atoms with E-state index in [-0.39, 0.29) is 48.9 Å². The maximum absolute atomic E-state index is 11.7. The number of carbonyl (C=O) groups is 1. The van der Waals surface area contributed by atoms with Crippen molar-refractivity contribution in [2.24, 2.45) is 17.3 Å². The van der Waals surface area contributed by atoms with Gasteiger partial charge in [-0.1, -0.05) is 102 Å². The number of ketones is 1. The summed E-state index contributed by atoms with van der Waals surface area (Å²) >= 11 is 0. The maximum atomic E-state index is 11.7. The van der Waals surface area contributed by atoms with Gasteiger partial charge in [0, 0.05) is 65.6 Å². The molecule has 0 amide bonds. The van der Waals surface area contributed by atoms with E-state index in [9.17, 15) is 9.90 Å². The van der Waals surface area contributed by atoms with Crippen LogP contribution in [-0.4, -0.2) is 25.3 Å². The molecule has 243 valence electrons. The van der Waals surface area contributed by atoms with Crippen molar-refractivity contribution in [3.05, 3.63) is 90.6 Å². The molecule has 0 saturated heterocycles. The Kier molecular flexibility index (Phi) is 11.4. The second kappa shape index (κ2) is 14.9. The van der Waals surface area contributed by atoms with E-state index in [1.807, 2.05) is 27.7 Å². The van der Waals surface area contributed by atoms with E-state index < -0.39 is 0 Å². The summed E-state index contributed by atoms with van der Waals surface area (Å²) in [6, 6.07) is 25.2. The van der Waals surface area contributed by atoms with Crippen LogP contribution < -0.4 is 0 Å². The van der Waals surface area contributed by atoms with Crippen molar-refractivity contribution < 1.29 is 30.0 Å². The molecule has 46 heavy (non-hydrogen) atoms. The van der Waals surface area contributed by atoms with Crippen LogP contribution in [0.25, 0.3) is 49.0 Å². The summed E-state index contributed by atoms with van der Waals surface area (Å²) in [5.74, 6) is 0.547. The Morgan fingerprint density at radius 1 is 0.848 bits per heavy atom. The number of para-hydroxylation sites is 1. The first kappa shape index (κ1) is 35.3. The fourth-order valence-electron chi connectivity index (χ4n) is 6.41. The number of hydrogen-bond acceptors (Lipinski definition) is 4. The molecule has 6 aromatic rings. The van der Waals surface area contributed by atoms with Gasteiger partial charge in [0.25, 0.3) is 0 Å². The Bertz CT molecular complexity index is 2010. The smallest absolute Gasteiger partial charge is 0.162 e. The average molecular weight is 793 g/mol. The van der Waals surface area contributed by atoms with Crippen LogP contribution in [0.4, 0.5) is 0 Å². The van der Waals surface area contributed by atoms with Crippen LogP contribution in [-0.2, 0) is 31.3 Å². The molecule has 0 aliphatic carbocycles. The minimum absolute atomic E-state index is 0. The van der Waals surface area contributed by atoms with E-state index in [2.05, 4.69) is 91.9 Å². The number of rotatable bonds is 8. The summed E-state index contributed by atoms with van der Waals surface area (Å²) in [6.07, 6.45) is 7.51. The van der Waals surface area contributed by atoms with Crippen LogP contribution in [0.2, 0.25) is 0 Å². The van der Waals surface area contributed by atoms with E-state index in [0.717, 1.165) is 65.0 Å². The SMILES string of the molecule is CC(C)(C)Cc1ncnc2c3[c-]c4ccccc4cc3n3c4ccccc4cc3c12.CCC(CC)C(=O)/C=C(\O)C(CC)CC.[Ir]. The molecule has 0 bridgehead atoms. The summed E-state index contributed by atoms with van der Waals surface area (Å²) in [5, 5.41) is 15.5. The Morgan fingerprint density at radius 2 is 1.46 bits per heavy atom. The van der Waals surface area contributed by atoms with Crippen LogP contribution in [0.3, 0.4) is 0 Å². The normalized spacial score (nSPS) is 12.3. The van der Waals surface area contributed by atoms with Crippen molar-refractivity contribution in [3.63, 3.8) is 0 Å². The number of hydrogen-bond donors (Lipinski definition) is 1. The molecule has 3 aromatic carbocycles. The first-order chi connectivity index (χ1) is 21.6. The fraction of sp³-hybridized carbons (Fsp3) is 0.375. The molecular formula is C40H46IrN3O2-. The Labute approximate surface area is 286 Å². The van der Waals surface area contributed by atoms with Gasteiger partial charge in [0.1, 0.15) is 6.33 Å². The van der Waals surface area contributed by atoms with Gasteiger partial charge in [-0.15, -0.1) is 17.5 Å². The van der Waals surface area contributed by atoms with Crippen molar-refractivity contribution in [1.29, 1.82) is 0 Å². The number of aromatic nitrogens is 3. The van der Waals surface area contributed by atoms with Crippen LogP contribution in [0.5, 0.6) is 0 Å². The first-order valence-electron chi connectivity index (χ1n) is 16.4. The van der Waals surface area contributed by atoms with Gasteiger partial charge in [0.05, 0.1) is 5.76 Å². The molecule has 0 fully saturated rings. The van der Waals surface area contributed by atoms with Gasteiger partial charge >= 0.3 is 0 Å². The molecule has 6 rings (SSSR count). The number of aliphatic hydroxyl groups is 1. The second-order valence-corrected chi connectivity index (χ2v) is 13.3. The quantitative estimate of drug-likeness (QED) is 0.0548. The van der Waals surface area contributed by atoms with Crippen LogP contribution >= 0.6 is 0 Å². The zero-order chi connectivity index (χ0) is 32.3. The van der Waals surface area contributed by atoms with Gasteiger partial charge in [0.2, 0.25) is 0 Å². The van der Waals surface area contributed by atoms with E-state index >= 15 is 0 Å². The van der Waals surface area contributed by atoms with E-state index in [4.69, 9.17) is 9.97 Å². The molecule has 0 aliphatic rings. The minimum atomic E-state index is 0. The Morgan fingerprint density at radius 3 is 2.11 bits per heavy atom. The number of pyridine rings is 1. The maximum Gasteiger partial charge on any atom is 0.162 e. The third-order valence-electron chi connectivity index (χ3n) is 8.92. The third-order valence-corrected chi connectivity index (χ3v) is 8.92. The van der Waals surface area contributed by atoms with Gasteiger partial charge in [0.15, 0.2) is 5.78 Å². The van der Waals surface area contributed by atoms with Crippen molar-refractivity contribution >= 4 is 54.8 Å². The molecule has 3 heterocycles. The average Bonchev–Trinajstić information content (AvgIpc) is 3.41. The van der Waals surface area contributed by atoms with Gasteiger partial charge in [-0.25, -0.2) is 4.98 Å². The van der Waals surface area contributed by atoms with Crippen molar-refractivity contribution in [2.75, 3.05) is 0 Å². The Hall–Kier alpha value is -3.60. The van der Waals surface area contributed by atoms with Crippen molar-refractivity contribution in [3.8, 4) is 0 Å². The van der Waals surface area contributed by atoms with Crippen molar-refractivity contribution in [1.82, 2.24) is 14.4 Å². The Balaban J connectivity index is 0.000000259. The first-order valence-corrected chi connectivity index (χ1v) is 16.4. The van der Waals surface area contributed by atoms with Crippen LogP contribution in [0, 0.1) is 23.3 Å². The van der Waals surface area contributed by atoms with Crippen LogP contribution in [0.1, 0.15) is 79.8 Å². The largest absolute Gasteiger partial charge is 0.512 e. The molecular weight excluding hydrogens is 747 g/mol. The fourth-order valence-corrected chi connectivity index (χ4v) is 6.41. The molecule has 1 radical (unpaired) electrons. The van der Waals surface area contributed by atoms with E-state index in [1.54, 1.807) is 6.33 Å². The predicted molar refractivity (Wildman–Crippen MR) is 189 cm³/mol. The van der Waals surface area contributed by atoms with E-state index in [0.29, 0.717) is 0 Å². The van der Waals surface area contributed by atoms with E-state index in [1.165, 1.54) is 27.9 Å². The molecule has 0 spiro atoms. The van der Waals surface area contributed by atoms with Gasteiger partial charge in [-0.3, -0.25) is 9.78 Å².